The third-order valence-electron chi connectivity index (χ3n) is 5.11. The predicted molar refractivity (Wildman–Crippen MR) is 91.4 cm³/mol. The zero-order chi connectivity index (χ0) is 17.3. The van der Waals surface area contributed by atoms with E-state index in [0.717, 1.165) is 31.6 Å². The van der Waals surface area contributed by atoms with Crippen molar-refractivity contribution in [3.63, 3.8) is 0 Å². The number of anilines is 2. The number of amides is 2. The third kappa shape index (κ3) is 3.00. The largest absolute Gasteiger partial charge is 0.323 e. The number of nitrogens with one attached hydrogen (secondary N) is 1. The van der Waals surface area contributed by atoms with Crippen LogP contribution in [0.2, 0.25) is 0 Å². The van der Waals surface area contributed by atoms with Gasteiger partial charge in [-0.05, 0) is 38.8 Å². The molecule has 3 rings (SSSR count). The van der Waals surface area contributed by atoms with E-state index in [0.29, 0.717) is 5.69 Å². The second-order valence-electron chi connectivity index (χ2n) is 6.87. The zero-order valence-corrected chi connectivity index (χ0v) is 14.1. The van der Waals surface area contributed by atoms with Gasteiger partial charge in [-0.15, -0.1) is 0 Å². The molecular formula is C18H22N4O2. The van der Waals surface area contributed by atoms with Crippen molar-refractivity contribution < 1.29 is 9.59 Å². The van der Waals surface area contributed by atoms with Gasteiger partial charge in [-0.25, -0.2) is 0 Å². The van der Waals surface area contributed by atoms with Gasteiger partial charge in [0.25, 0.3) is 0 Å². The second-order valence-corrected chi connectivity index (χ2v) is 6.87. The molecule has 0 bridgehead atoms. The van der Waals surface area contributed by atoms with E-state index >= 15 is 0 Å². The Morgan fingerprint density at radius 2 is 2.00 bits per heavy atom. The molecule has 6 nitrogen and oxygen atoms in total. The highest BCUT2D eigenvalue weighted by molar-refractivity contribution is 6.11. The molecule has 0 aliphatic carbocycles. The van der Waals surface area contributed by atoms with Crippen LogP contribution >= 0.6 is 0 Å². The fourth-order valence-electron chi connectivity index (χ4n) is 3.33. The molecule has 0 saturated carbocycles. The summed E-state index contributed by atoms with van der Waals surface area (Å²) in [6, 6.07) is 9.41. The van der Waals surface area contributed by atoms with Gasteiger partial charge in [0.2, 0.25) is 11.8 Å². The van der Waals surface area contributed by atoms with Crippen LogP contribution < -0.4 is 10.2 Å². The minimum atomic E-state index is -0.313. The van der Waals surface area contributed by atoms with Gasteiger partial charge in [-0.3, -0.25) is 19.4 Å². The molecule has 1 N–H and O–H groups in total. The van der Waals surface area contributed by atoms with Crippen LogP contribution in [0.5, 0.6) is 0 Å². The van der Waals surface area contributed by atoms with Gasteiger partial charge in [-0.2, -0.15) is 5.26 Å². The van der Waals surface area contributed by atoms with Gasteiger partial charge < -0.3 is 5.32 Å². The molecule has 0 radical (unpaired) electrons. The summed E-state index contributed by atoms with van der Waals surface area (Å²) in [6.45, 7) is 5.34. The number of nitrogens with zero attached hydrogens (tertiary/aromatic N) is 3. The van der Waals surface area contributed by atoms with E-state index in [1.807, 2.05) is 32.0 Å². The Labute approximate surface area is 142 Å². The van der Waals surface area contributed by atoms with Crippen molar-refractivity contribution in [2.24, 2.45) is 5.41 Å². The van der Waals surface area contributed by atoms with E-state index < -0.39 is 0 Å². The first-order valence-corrected chi connectivity index (χ1v) is 8.29. The number of piperidine rings is 1. The van der Waals surface area contributed by atoms with Crippen molar-refractivity contribution in [1.82, 2.24) is 4.90 Å². The van der Waals surface area contributed by atoms with Crippen molar-refractivity contribution >= 4 is 23.2 Å². The molecule has 126 valence electrons. The van der Waals surface area contributed by atoms with Crippen LogP contribution in [-0.4, -0.2) is 42.4 Å². The smallest absolute Gasteiger partial charge is 0.244 e. The third-order valence-corrected chi connectivity index (χ3v) is 5.11. The molecule has 2 aliphatic heterocycles. The Bertz CT molecular complexity index is 701. The number of likely N-dealkylation sites (tertiary alicyclic amines) is 1. The maximum Gasteiger partial charge on any atom is 0.244 e. The lowest BCUT2D eigenvalue weighted by Crippen LogP contribution is -2.53. The van der Waals surface area contributed by atoms with Crippen molar-refractivity contribution in [2.45, 2.75) is 32.7 Å². The highest BCUT2D eigenvalue weighted by atomic mass is 16.2. The molecule has 2 amide bonds. The first-order valence-electron chi connectivity index (χ1n) is 8.29. The van der Waals surface area contributed by atoms with Crippen LogP contribution in [0.4, 0.5) is 11.4 Å². The summed E-state index contributed by atoms with van der Waals surface area (Å²) in [5.41, 5.74) is 1.12. The summed E-state index contributed by atoms with van der Waals surface area (Å²) >= 11 is 0. The summed E-state index contributed by atoms with van der Waals surface area (Å²) in [6.07, 6.45) is 1.52. The quantitative estimate of drug-likeness (QED) is 0.901. The van der Waals surface area contributed by atoms with E-state index in [1.54, 1.807) is 11.0 Å². The molecule has 2 heterocycles. The molecule has 1 unspecified atom stereocenters. The van der Waals surface area contributed by atoms with E-state index in [2.05, 4.69) is 16.3 Å². The Hall–Kier alpha value is -2.39. The van der Waals surface area contributed by atoms with E-state index in [9.17, 15) is 14.9 Å². The van der Waals surface area contributed by atoms with Gasteiger partial charge >= 0.3 is 0 Å². The molecule has 1 aromatic carbocycles. The molecule has 1 aromatic rings. The maximum absolute atomic E-state index is 13.0. The molecule has 0 spiro atoms. The van der Waals surface area contributed by atoms with Crippen LogP contribution in [0.25, 0.3) is 0 Å². The number of nitriles is 1. The SMILES string of the molecule is CC(C(=O)N1CC(=O)Nc2ccccc21)N1CCC(C)(C#N)CC1. The average Bonchev–Trinajstić information content (AvgIpc) is 2.60. The van der Waals surface area contributed by atoms with Crippen molar-refractivity contribution in [3.8, 4) is 6.07 Å². The number of carbonyl (C=O) groups is 2. The number of rotatable bonds is 2. The van der Waals surface area contributed by atoms with Gasteiger partial charge in [0, 0.05) is 13.1 Å². The molecular weight excluding hydrogens is 304 g/mol. The topological polar surface area (TPSA) is 76.4 Å². The lowest BCUT2D eigenvalue weighted by molar-refractivity contribution is -0.126. The van der Waals surface area contributed by atoms with Crippen molar-refractivity contribution in [1.29, 1.82) is 5.26 Å². The summed E-state index contributed by atoms with van der Waals surface area (Å²) < 4.78 is 0. The maximum atomic E-state index is 13.0. The van der Waals surface area contributed by atoms with Crippen molar-refractivity contribution in [3.05, 3.63) is 24.3 Å². The minimum absolute atomic E-state index is 0.0456. The van der Waals surface area contributed by atoms with Gasteiger partial charge in [0.1, 0.15) is 6.54 Å². The number of hydrogen-bond acceptors (Lipinski definition) is 4. The van der Waals surface area contributed by atoms with Gasteiger partial charge in [0.15, 0.2) is 0 Å². The van der Waals surface area contributed by atoms with Crippen molar-refractivity contribution in [2.75, 3.05) is 29.9 Å². The van der Waals surface area contributed by atoms with Crippen LogP contribution in [-0.2, 0) is 9.59 Å². The Kier molecular flexibility index (Phi) is 4.29. The standard InChI is InChI=1S/C18H22N4O2/c1-13(21-9-7-18(2,12-19)8-10-21)17(24)22-11-16(23)20-14-5-3-4-6-15(14)22/h3-6,13H,7-11H2,1-2H3,(H,20,23). The number of benzene rings is 1. The fraction of sp³-hybridized carbons (Fsp3) is 0.500. The Morgan fingerprint density at radius 3 is 2.67 bits per heavy atom. The van der Waals surface area contributed by atoms with Gasteiger partial charge in [-0.1, -0.05) is 12.1 Å². The Balaban J connectivity index is 1.75. The van der Waals surface area contributed by atoms with E-state index in [4.69, 9.17) is 0 Å². The summed E-state index contributed by atoms with van der Waals surface area (Å²) in [7, 11) is 0. The normalized spacial score (nSPS) is 21.4. The molecule has 24 heavy (non-hydrogen) atoms. The van der Waals surface area contributed by atoms with Crippen LogP contribution in [0.15, 0.2) is 24.3 Å². The van der Waals surface area contributed by atoms with Crippen LogP contribution in [0.3, 0.4) is 0 Å². The molecule has 1 atom stereocenters. The first-order chi connectivity index (χ1) is 11.4. The number of fused-ring (bicyclic) bond motifs is 1. The highest BCUT2D eigenvalue weighted by Crippen LogP contribution is 2.33. The summed E-state index contributed by atoms with van der Waals surface area (Å²) in [5, 5.41) is 12.0. The lowest BCUT2D eigenvalue weighted by Gasteiger charge is -2.40. The summed E-state index contributed by atoms with van der Waals surface area (Å²) in [4.78, 5) is 28.6. The molecule has 2 aliphatic rings. The number of para-hydroxylation sites is 2. The van der Waals surface area contributed by atoms with Gasteiger partial charge in [0.05, 0.1) is 28.9 Å². The van der Waals surface area contributed by atoms with E-state index in [1.165, 1.54) is 0 Å². The first kappa shape index (κ1) is 16.5. The van der Waals surface area contributed by atoms with Crippen LogP contribution in [0, 0.1) is 16.7 Å². The molecule has 6 heteroatoms. The second kappa shape index (κ2) is 6.25. The molecule has 1 fully saturated rings. The zero-order valence-electron chi connectivity index (χ0n) is 14.1. The van der Waals surface area contributed by atoms with E-state index in [-0.39, 0.29) is 29.8 Å². The average molecular weight is 326 g/mol. The summed E-state index contributed by atoms with van der Waals surface area (Å²) in [5.74, 6) is -0.247. The molecule has 1 saturated heterocycles. The van der Waals surface area contributed by atoms with Crippen LogP contribution in [0.1, 0.15) is 26.7 Å². The highest BCUT2D eigenvalue weighted by Gasteiger charge is 2.36. The minimum Gasteiger partial charge on any atom is -0.323 e. The number of carbonyl (C=O) groups excluding carboxylic acids is 2. The Morgan fingerprint density at radius 1 is 1.33 bits per heavy atom. The fourth-order valence-corrected chi connectivity index (χ4v) is 3.33. The molecule has 0 aromatic heterocycles. The predicted octanol–water partition coefficient (Wildman–Crippen LogP) is 1.99. The number of hydrogen-bond donors (Lipinski definition) is 1. The monoisotopic (exact) mass is 326 g/mol. The lowest BCUT2D eigenvalue weighted by atomic mass is 9.81.